The first-order valence-electron chi connectivity index (χ1n) is 8.00. The molecule has 2 fully saturated rings. The number of rotatable bonds is 4. The highest BCUT2D eigenvalue weighted by molar-refractivity contribution is 7.91. The van der Waals surface area contributed by atoms with E-state index in [4.69, 9.17) is 4.42 Å². The first kappa shape index (κ1) is 16.3. The highest BCUT2D eigenvalue weighted by atomic mass is 32.2. The van der Waals surface area contributed by atoms with Crippen LogP contribution in [0.2, 0.25) is 0 Å². The quantitative estimate of drug-likeness (QED) is 0.864. The smallest absolute Gasteiger partial charge is 0.317 e. The highest BCUT2D eigenvalue weighted by Gasteiger charge is 2.29. The van der Waals surface area contributed by atoms with Crippen molar-refractivity contribution in [3.05, 3.63) is 24.2 Å². The van der Waals surface area contributed by atoms with Crippen LogP contribution in [0.25, 0.3) is 0 Å². The molecule has 1 atom stereocenters. The van der Waals surface area contributed by atoms with Gasteiger partial charge in [0, 0.05) is 32.7 Å². The molecule has 7 nitrogen and oxygen atoms in total. The minimum Gasteiger partial charge on any atom is -0.468 e. The Morgan fingerprint density at radius 1 is 1.30 bits per heavy atom. The molecule has 23 heavy (non-hydrogen) atoms. The van der Waals surface area contributed by atoms with Gasteiger partial charge in [0.05, 0.1) is 24.3 Å². The first-order valence-corrected chi connectivity index (χ1v) is 9.82. The maximum atomic E-state index is 12.2. The first-order chi connectivity index (χ1) is 11.0. The summed E-state index contributed by atoms with van der Waals surface area (Å²) in [5.74, 6) is 1.44. The molecule has 1 aromatic rings. The van der Waals surface area contributed by atoms with Crippen molar-refractivity contribution in [2.24, 2.45) is 5.92 Å². The topological polar surface area (TPSA) is 82.9 Å². The van der Waals surface area contributed by atoms with Crippen LogP contribution in [-0.4, -0.2) is 68.5 Å². The molecule has 1 aromatic heterocycles. The van der Waals surface area contributed by atoms with Gasteiger partial charge in [-0.05, 0) is 24.5 Å². The molecule has 0 spiro atoms. The third-order valence-corrected chi connectivity index (χ3v) is 6.32. The molecule has 8 heteroatoms. The fourth-order valence-electron chi connectivity index (χ4n) is 3.11. The molecule has 0 bridgehead atoms. The van der Waals surface area contributed by atoms with Crippen molar-refractivity contribution < 1.29 is 17.6 Å². The summed E-state index contributed by atoms with van der Waals surface area (Å²) < 4.78 is 28.2. The number of hydrogen-bond acceptors (Lipinski definition) is 5. The van der Waals surface area contributed by atoms with Gasteiger partial charge in [0.25, 0.3) is 0 Å². The van der Waals surface area contributed by atoms with E-state index in [0.29, 0.717) is 26.1 Å². The number of carbonyl (C=O) groups is 1. The van der Waals surface area contributed by atoms with Crippen LogP contribution in [0.3, 0.4) is 0 Å². The van der Waals surface area contributed by atoms with Crippen LogP contribution in [0.5, 0.6) is 0 Å². The Kier molecular flexibility index (Phi) is 4.91. The van der Waals surface area contributed by atoms with Crippen molar-refractivity contribution in [2.75, 3.05) is 44.2 Å². The van der Waals surface area contributed by atoms with Gasteiger partial charge in [-0.3, -0.25) is 4.90 Å². The summed E-state index contributed by atoms with van der Waals surface area (Å²) in [4.78, 5) is 16.2. The molecular weight excluding hydrogens is 318 g/mol. The molecule has 0 saturated carbocycles. The van der Waals surface area contributed by atoms with Crippen molar-refractivity contribution in [1.29, 1.82) is 0 Å². The number of sulfone groups is 1. The zero-order valence-corrected chi connectivity index (χ0v) is 13.9. The van der Waals surface area contributed by atoms with Crippen LogP contribution >= 0.6 is 0 Å². The van der Waals surface area contributed by atoms with Crippen LogP contribution in [0.1, 0.15) is 12.2 Å². The van der Waals surface area contributed by atoms with Gasteiger partial charge in [0.2, 0.25) is 0 Å². The monoisotopic (exact) mass is 341 g/mol. The lowest BCUT2D eigenvalue weighted by Gasteiger charge is -2.34. The van der Waals surface area contributed by atoms with Crippen LogP contribution < -0.4 is 5.32 Å². The Hall–Kier alpha value is -1.54. The van der Waals surface area contributed by atoms with Gasteiger partial charge in [-0.1, -0.05) is 0 Å². The van der Waals surface area contributed by atoms with Gasteiger partial charge in [0.15, 0.2) is 9.84 Å². The molecule has 2 aliphatic rings. The third-order valence-electron chi connectivity index (χ3n) is 4.49. The molecular formula is C15H23N3O4S. The van der Waals surface area contributed by atoms with Crippen molar-refractivity contribution in [1.82, 2.24) is 15.1 Å². The van der Waals surface area contributed by atoms with E-state index in [1.54, 1.807) is 11.2 Å². The van der Waals surface area contributed by atoms with Gasteiger partial charge in [-0.25, -0.2) is 13.2 Å². The fourth-order valence-corrected chi connectivity index (χ4v) is 4.97. The lowest BCUT2D eigenvalue weighted by molar-refractivity contribution is 0.129. The van der Waals surface area contributed by atoms with E-state index in [9.17, 15) is 13.2 Å². The van der Waals surface area contributed by atoms with Gasteiger partial charge < -0.3 is 14.6 Å². The summed E-state index contributed by atoms with van der Waals surface area (Å²) >= 11 is 0. The highest BCUT2D eigenvalue weighted by Crippen LogP contribution is 2.17. The van der Waals surface area contributed by atoms with Gasteiger partial charge >= 0.3 is 6.03 Å². The van der Waals surface area contributed by atoms with E-state index in [1.165, 1.54) is 0 Å². The molecule has 0 aromatic carbocycles. The number of hydrogen-bond donors (Lipinski definition) is 1. The Labute approximate surface area is 136 Å². The van der Waals surface area contributed by atoms with Crippen molar-refractivity contribution in [3.8, 4) is 0 Å². The van der Waals surface area contributed by atoms with Crippen LogP contribution in [0.15, 0.2) is 22.8 Å². The molecule has 0 radical (unpaired) electrons. The number of carbonyl (C=O) groups excluding carboxylic acids is 1. The van der Waals surface area contributed by atoms with Crippen LogP contribution in [0, 0.1) is 5.92 Å². The van der Waals surface area contributed by atoms with Crippen molar-refractivity contribution in [2.45, 2.75) is 13.0 Å². The van der Waals surface area contributed by atoms with E-state index >= 15 is 0 Å². The van der Waals surface area contributed by atoms with E-state index in [-0.39, 0.29) is 23.5 Å². The predicted octanol–water partition coefficient (Wildman–Crippen LogP) is 0.542. The van der Waals surface area contributed by atoms with Gasteiger partial charge in [0.1, 0.15) is 5.76 Å². The zero-order valence-electron chi connectivity index (χ0n) is 13.1. The minimum atomic E-state index is -2.88. The molecule has 3 rings (SSSR count). The molecule has 2 aliphatic heterocycles. The maximum Gasteiger partial charge on any atom is 0.317 e. The van der Waals surface area contributed by atoms with Crippen LogP contribution in [-0.2, 0) is 16.4 Å². The Balaban J connectivity index is 1.38. The summed E-state index contributed by atoms with van der Waals surface area (Å²) in [6, 6.07) is 3.74. The molecule has 0 aliphatic carbocycles. The number of furan rings is 1. The van der Waals surface area contributed by atoms with E-state index < -0.39 is 9.84 Å². The lowest BCUT2D eigenvalue weighted by Crippen LogP contribution is -2.52. The Bertz CT molecular complexity index is 621. The average molecular weight is 341 g/mol. The van der Waals surface area contributed by atoms with Gasteiger partial charge in [-0.2, -0.15) is 0 Å². The minimum absolute atomic E-state index is 0.0594. The Morgan fingerprint density at radius 2 is 2.09 bits per heavy atom. The molecule has 0 unspecified atom stereocenters. The second-order valence-corrected chi connectivity index (χ2v) is 8.53. The second-order valence-electron chi connectivity index (χ2n) is 6.30. The third kappa shape index (κ3) is 4.48. The summed E-state index contributed by atoms with van der Waals surface area (Å²) in [5.41, 5.74) is 0. The number of urea groups is 1. The van der Waals surface area contributed by atoms with Crippen LogP contribution in [0.4, 0.5) is 4.79 Å². The SMILES string of the molecule is O=C(NC[C@H]1CCS(=O)(=O)C1)N1CCN(Cc2ccco2)CC1. The van der Waals surface area contributed by atoms with E-state index in [0.717, 1.165) is 25.4 Å². The van der Waals surface area contributed by atoms with Gasteiger partial charge in [-0.15, -0.1) is 0 Å². The fraction of sp³-hybridized carbons (Fsp3) is 0.667. The maximum absolute atomic E-state index is 12.2. The average Bonchev–Trinajstić information content (AvgIpc) is 3.15. The molecule has 1 N–H and O–H groups in total. The lowest BCUT2D eigenvalue weighted by atomic mass is 10.1. The normalized spacial score (nSPS) is 24.7. The predicted molar refractivity (Wildman–Crippen MR) is 85.7 cm³/mol. The number of piperazine rings is 1. The standard InChI is InChI=1S/C15H23N3O4S/c19-15(16-10-13-3-9-23(20,21)12-13)18-6-4-17(5-7-18)11-14-2-1-8-22-14/h1-2,8,13H,3-7,9-12H2,(H,16,19)/t13-/m1/s1. The summed E-state index contributed by atoms with van der Waals surface area (Å²) in [5, 5.41) is 2.88. The molecule has 3 heterocycles. The van der Waals surface area contributed by atoms with Crippen molar-refractivity contribution >= 4 is 15.9 Å². The summed E-state index contributed by atoms with van der Waals surface area (Å²) in [6.07, 6.45) is 2.32. The molecule has 2 amide bonds. The number of nitrogens with one attached hydrogen (secondary N) is 1. The van der Waals surface area contributed by atoms with E-state index in [1.807, 2.05) is 12.1 Å². The number of amides is 2. The summed E-state index contributed by atoms with van der Waals surface area (Å²) in [7, 11) is -2.88. The summed E-state index contributed by atoms with van der Waals surface area (Å²) in [6.45, 7) is 4.19. The number of nitrogens with zero attached hydrogens (tertiary/aromatic N) is 2. The second kappa shape index (κ2) is 6.92. The zero-order chi connectivity index (χ0) is 16.3. The van der Waals surface area contributed by atoms with E-state index in [2.05, 4.69) is 10.2 Å². The largest absolute Gasteiger partial charge is 0.468 e. The molecule has 2 saturated heterocycles. The Morgan fingerprint density at radius 3 is 2.70 bits per heavy atom. The molecule has 128 valence electrons. The van der Waals surface area contributed by atoms with Crippen molar-refractivity contribution in [3.63, 3.8) is 0 Å².